The number of benzene rings is 1. The van der Waals surface area contributed by atoms with Gasteiger partial charge in [-0.05, 0) is 33.6 Å². The van der Waals surface area contributed by atoms with E-state index in [4.69, 9.17) is 0 Å². The molecule has 1 unspecified atom stereocenters. The van der Waals surface area contributed by atoms with Crippen molar-refractivity contribution in [3.8, 4) is 5.75 Å². The van der Waals surface area contributed by atoms with Gasteiger partial charge in [0.15, 0.2) is 0 Å². The first-order valence-corrected chi connectivity index (χ1v) is 8.63. The van der Waals surface area contributed by atoms with Gasteiger partial charge in [-0.25, -0.2) is 0 Å². The Kier molecular flexibility index (Phi) is 5.53. The van der Waals surface area contributed by atoms with Gasteiger partial charge in [0.25, 0.3) is 0 Å². The Labute approximate surface area is 119 Å². The number of halogens is 1. The van der Waals surface area contributed by atoms with Crippen LogP contribution >= 0.6 is 39.5 Å². The van der Waals surface area contributed by atoms with E-state index in [-0.39, 0.29) is 0 Å². The van der Waals surface area contributed by atoms with Gasteiger partial charge in [0.2, 0.25) is 0 Å². The van der Waals surface area contributed by atoms with Crippen molar-refractivity contribution in [2.45, 2.75) is 11.8 Å². The highest BCUT2D eigenvalue weighted by Gasteiger charge is 2.13. The minimum atomic E-state index is 0.299. The molecule has 1 atom stereocenters. The molecule has 2 N–H and O–H groups in total. The second-order valence-corrected chi connectivity index (χ2v) is 7.40. The van der Waals surface area contributed by atoms with E-state index < -0.39 is 0 Å². The molecule has 5 heteroatoms. The van der Waals surface area contributed by atoms with Gasteiger partial charge in [-0.2, -0.15) is 23.5 Å². The Morgan fingerprint density at radius 2 is 2.29 bits per heavy atom. The molecule has 0 spiro atoms. The first-order chi connectivity index (χ1) is 8.25. The molecule has 1 heterocycles. The number of nitrogens with one attached hydrogen (secondary N) is 1. The Hall–Kier alpha value is 0.160. The van der Waals surface area contributed by atoms with Gasteiger partial charge in [0.05, 0.1) is 4.47 Å². The quantitative estimate of drug-likeness (QED) is 0.886. The molecule has 1 aliphatic heterocycles. The molecule has 2 rings (SSSR count). The minimum absolute atomic E-state index is 0.299. The van der Waals surface area contributed by atoms with Crippen molar-refractivity contribution >= 4 is 39.5 Å². The van der Waals surface area contributed by atoms with E-state index in [1.54, 1.807) is 6.07 Å². The van der Waals surface area contributed by atoms with E-state index in [0.29, 0.717) is 5.75 Å². The van der Waals surface area contributed by atoms with Crippen molar-refractivity contribution in [2.75, 3.05) is 23.8 Å². The van der Waals surface area contributed by atoms with E-state index in [9.17, 15) is 5.11 Å². The lowest BCUT2D eigenvalue weighted by Gasteiger charge is -2.21. The molecule has 0 radical (unpaired) electrons. The number of thioether (sulfide) groups is 2. The Morgan fingerprint density at radius 3 is 3.00 bits per heavy atom. The summed E-state index contributed by atoms with van der Waals surface area (Å²) < 4.78 is 0.763. The van der Waals surface area contributed by atoms with Crippen LogP contribution in [0.3, 0.4) is 0 Å². The third-order valence-electron chi connectivity index (χ3n) is 2.60. The average molecular weight is 334 g/mol. The Bertz CT molecular complexity index is 370. The number of rotatable bonds is 4. The van der Waals surface area contributed by atoms with Gasteiger partial charge in [0, 0.05) is 35.6 Å². The van der Waals surface area contributed by atoms with Gasteiger partial charge in [-0.3, -0.25) is 0 Å². The summed E-state index contributed by atoms with van der Waals surface area (Å²) in [6.07, 6.45) is 0. The largest absolute Gasteiger partial charge is 0.507 e. The highest BCUT2D eigenvalue weighted by molar-refractivity contribution is 9.10. The Balaban J connectivity index is 1.75. The maximum absolute atomic E-state index is 9.40. The van der Waals surface area contributed by atoms with E-state index in [0.717, 1.165) is 22.8 Å². The predicted molar refractivity (Wildman–Crippen MR) is 81.1 cm³/mol. The minimum Gasteiger partial charge on any atom is -0.507 e. The molecule has 1 aromatic rings. The lowest BCUT2D eigenvalue weighted by Crippen LogP contribution is -2.28. The number of hydrogen-bond acceptors (Lipinski definition) is 4. The standard InChI is InChI=1S/C12H16BrNOS2/c13-11-5-9(1-2-12(11)15)6-14-7-10-8-16-3-4-17-10/h1-2,5,10,14-15H,3-4,6-8H2. The zero-order valence-corrected chi connectivity index (χ0v) is 12.7. The van der Waals surface area contributed by atoms with Crippen molar-refractivity contribution in [1.29, 1.82) is 0 Å². The third-order valence-corrected chi connectivity index (χ3v) is 6.08. The molecule has 0 aliphatic carbocycles. The maximum atomic E-state index is 9.40. The van der Waals surface area contributed by atoms with Crippen LogP contribution in [0.1, 0.15) is 5.56 Å². The number of hydrogen-bond donors (Lipinski definition) is 2. The van der Waals surface area contributed by atoms with Gasteiger partial charge in [-0.15, -0.1) is 0 Å². The molecule has 1 saturated heterocycles. The first-order valence-electron chi connectivity index (χ1n) is 5.63. The summed E-state index contributed by atoms with van der Waals surface area (Å²) in [4.78, 5) is 0. The monoisotopic (exact) mass is 333 g/mol. The maximum Gasteiger partial charge on any atom is 0.129 e. The molecule has 0 bridgehead atoms. The van der Waals surface area contributed by atoms with E-state index in [1.807, 2.05) is 12.1 Å². The van der Waals surface area contributed by atoms with Gasteiger partial charge in [0.1, 0.15) is 5.75 Å². The van der Waals surface area contributed by atoms with Crippen LogP contribution in [-0.4, -0.2) is 34.2 Å². The number of aromatic hydroxyl groups is 1. The topological polar surface area (TPSA) is 32.3 Å². The summed E-state index contributed by atoms with van der Waals surface area (Å²) >= 11 is 7.45. The highest BCUT2D eigenvalue weighted by Crippen LogP contribution is 2.25. The molecule has 0 aromatic heterocycles. The van der Waals surface area contributed by atoms with E-state index >= 15 is 0 Å². The molecule has 94 valence electrons. The SMILES string of the molecule is Oc1ccc(CNCC2CSCCS2)cc1Br. The van der Waals surface area contributed by atoms with Crippen LogP contribution in [-0.2, 0) is 6.54 Å². The zero-order chi connectivity index (χ0) is 12.1. The lowest BCUT2D eigenvalue weighted by atomic mass is 10.2. The molecular formula is C12H16BrNOS2. The third kappa shape index (κ3) is 4.39. The van der Waals surface area contributed by atoms with Crippen LogP contribution in [0.4, 0.5) is 0 Å². The van der Waals surface area contributed by atoms with E-state index in [1.165, 1.54) is 22.8 Å². The summed E-state index contributed by atoms with van der Waals surface area (Å²) in [6.45, 7) is 1.93. The first kappa shape index (κ1) is 13.6. The fourth-order valence-corrected chi connectivity index (χ4v) is 4.76. The van der Waals surface area contributed by atoms with Crippen LogP contribution in [0, 0.1) is 0 Å². The normalized spacial score (nSPS) is 20.4. The lowest BCUT2D eigenvalue weighted by molar-refractivity contribution is 0.471. The molecule has 0 saturated carbocycles. The van der Waals surface area contributed by atoms with Crippen LogP contribution in [0.5, 0.6) is 5.75 Å². The number of phenols is 1. The second-order valence-electron chi connectivity index (χ2n) is 3.98. The fraction of sp³-hybridized carbons (Fsp3) is 0.500. The summed E-state index contributed by atoms with van der Waals surface area (Å²) in [5.74, 6) is 4.14. The predicted octanol–water partition coefficient (Wildman–Crippen LogP) is 3.09. The molecule has 1 aromatic carbocycles. The second kappa shape index (κ2) is 6.92. The smallest absolute Gasteiger partial charge is 0.129 e. The van der Waals surface area contributed by atoms with Gasteiger partial charge < -0.3 is 10.4 Å². The molecule has 0 amide bonds. The zero-order valence-electron chi connectivity index (χ0n) is 9.49. The van der Waals surface area contributed by atoms with Crippen molar-refractivity contribution in [1.82, 2.24) is 5.32 Å². The Morgan fingerprint density at radius 1 is 1.41 bits per heavy atom. The van der Waals surface area contributed by atoms with Crippen LogP contribution in [0.2, 0.25) is 0 Å². The summed E-state index contributed by atoms with van der Waals surface area (Å²) in [6, 6.07) is 5.65. The van der Waals surface area contributed by atoms with Gasteiger partial charge in [-0.1, -0.05) is 6.07 Å². The summed E-state index contributed by atoms with van der Waals surface area (Å²) in [7, 11) is 0. The van der Waals surface area contributed by atoms with E-state index in [2.05, 4.69) is 44.8 Å². The molecular weight excluding hydrogens is 318 g/mol. The molecule has 1 aliphatic rings. The van der Waals surface area contributed by atoms with Crippen molar-refractivity contribution in [2.24, 2.45) is 0 Å². The summed E-state index contributed by atoms with van der Waals surface area (Å²) in [5.41, 5.74) is 1.20. The van der Waals surface area contributed by atoms with Crippen molar-refractivity contribution in [3.63, 3.8) is 0 Å². The van der Waals surface area contributed by atoms with Crippen LogP contribution < -0.4 is 5.32 Å². The van der Waals surface area contributed by atoms with Crippen LogP contribution in [0.15, 0.2) is 22.7 Å². The number of phenolic OH excluding ortho intramolecular Hbond substituents is 1. The molecule has 1 fully saturated rings. The fourth-order valence-electron chi connectivity index (χ4n) is 1.69. The molecule has 17 heavy (non-hydrogen) atoms. The van der Waals surface area contributed by atoms with Gasteiger partial charge >= 0.3 is 0 Å². The average Bonchev–Trinajstić information content (AvgIpc) is 2.35. The molecule has 2 nitrogen and oxygen atoms in total. The summed E-state index contributed by atoms with van der Waals surface area (Å²) in [5, 5.41) is 13.6. The van der Waals surface area contributed by atoms with Crippen molar-refractivity contribution in [3.05, 3.63) is 28.2 Å². The highest BCUT2D eigenvalue weighted by atomic mass is 79.9. The van der Waals surface area contributed by atoms with Crippen molar-refractivity contribution < 1.29 is 5.11 Å². The van der Waals surface area contributed by atoms with Crippen LogP contribution in [0.25, 0.3) is 0 Å².